The van der Waals surface area contributed by atoms with Crippen LogP contribution in [0.15, 0.2) is 30.3 Å². The fraction of sp³-hybridized carbons (Fsp3) is 0.286. The van der Waals surface area contributed by atoms with Gasteiger partial charge in [-0.25, -0.2) is 4.98 Å². The van der Waals surface area contributed by atoms with Crippen LogP contribution in [0.5, 0.6) is 5.88 Å². The quantitative estimate of drug-likeness (QED) is 0.649. The number of nitrogens with zero attached hydrogens (tertiary/aromatic N) is 3. The van der Waals surface area contributed by atoms with Crippen molar-refractivity contribution in [1.82, 2.24) is 9.97 Å². The fourth-order valence-corrected chi connectivity index (χ4v) is 1.81. The first-order chi connectivity index (χ1) is 10.1. The molecule has 21 heavy (non-hydrogen) atoms. The minimum atomic E-state index is -0.522. The molecule has 1 heterocycles. The van der Waals surface area contributed by atoms with Gasteiger partial charge in [0.15, 0.2) is 0 Å². The van der Waals surface area contributed by atoms with E-state index in [2.05, 4.69) is 15.3 Å². The largest absolute Gasteiger partial charge is 0.468 e. The highest BCUT2D eigenvalue weighted by Gasteiger charge is 2.23. The number of hydrogen-bond acceptors (Lipinski definition) is 6. The van der Waals surface area contributed by atoms with Gasteiger partial charge in [-0.1, -0.05) is 30.3 Å². The van der Waals surface area contributed by atoms with Gasteiger partial charge >= 0.3 is 5.69 Å². The van der Waals surface area contributed by atoms with Gasteiger partial charge in [0.1, 0.15) is 12.3 Å². The molecule has 110 valence electrons. The molecular formula is C14H16N4O3. The Hall–Kier alpha value is -2.70. The second-order valence-corrected chi connectivity index (χ2v) is 4.35. The zero-order valence-corrected chi connectivity index (χ0v) is 11.9. The first kappa shape index (κ1) is 14.7. The molecule has 2 rings (SSSR count). The monoisotopic (exact) mass is 288 g/mol. The van der Waals surface area contributed by atoms with Crippen LogP contribution in [0.4, 0.5) is 11.6 Å². The van der Waals surface area contributed by atoms with Crippen LogP contribution in [0.2, 0.25) is 0 Å². The Kier molecular flexibility index (Phi) is 4.65. The molecule has 1 aromatic carbocycles. The molecule has 0 amide bonds. The molecule has 1 aromatic heterocycles. The van der Waals surface area contributed by atoms with E-state index in [4.69, 9.17) is 4.74 Å². The first-order valence-electron chi connectivity index (χ1n) is 6.55. The highest BCUT2D eigenvalue weighted by molar-refractivity contribution is 5.48. The number of aryl methyl sites for hydroxylation is 1. The maximum absolute atomic E-state index is 11.1. The molecule has 0 saturated heterocycles. The molecule has 1 N–H and O–H groups in total. The summed E-state index contributed by atoms with van der Waals surface area (Å²) >= 11 is 0. The number of ether oxygens (including phenoxy) is 1. The molecule has 0 aliphatic carbocycles. The molecule has 0 atom stereocenters. The number of nitrogens with one attached hydrogen (secondary N) is 1. The number of rotatable bonds is 6. The van der Waals surface area contributed by atoms with E-state index >= 15 is 0 Å². The predicted octanol–water partition coefficient (Wildman–Crippen LogP) is 2.70. The van der Waals surface area contributed by atoms with Crippen LogP contribution in [0, 0.1) is 17.0 Å². The Labute approximate surface area is 122 Å². The molecule has 7 heteroatoms. The summed E-state index contributed by atoms with van der Waals surface area (Å²) in [6, 6.07) is 9.41. The highest BCUT2D eigenvalue weighted by atomic mass is 16.6. The molecule has 2 aromatic rings. The summed E-state index contributed by atoms with van der Waals surface area (Å²) in [5, 5.41) is 14.1. The van der Waals surface area contributed by atoms with Gasteiger partial charge in [0.2, 0.25) is 5.95 Å². The summed E-state index contributed by atoms with van der Waals surface area (Å²) in [4.78, 5) is 18.8. The molecule has 0 radical (unpaired) electrons. The number of aromatic nitrogens is 2. The first-order valence-corrected chi connectivity index (χ1v) is 6.55. The lowest BCUT2D eigenvalue weighted by Crippen LogP contribution is -2.09. The number of anilines is 1. The Balaban J connectivity index is 2.28. The van der Waals surface area contributed by atoms with Crippen LogP contribution in [0.3, 0.4) is 0 Å². The second kappa shape index (κ2) is 6.65. The van der Waals surface area contributed by atoms with Crippen molar-refractivity contribution in [3.63, 3.8) is 0 Å². The number of hydrogen-bond donors (Lipinski definition) is 1. The van der Waals surface area contributed by atoms with E-state index < -0.39 is 4.92 Å². The minimum Gasteiger partial charge on any atom is -0.468 e. The smallest absolute Gasteiger partial charge is 0.352 e. The zero-order valence-electron chi connectivity index (χ0n) is 11.9. The van der Waals surface area contributed by atoms with Crippen molar-refractivity contribution in [3.8, 4) is 5.88 Å². The summed E-state index contributed by atoms with van der Waals surface area (Å²) in [6.45, 7) is 4.29. The summed E-state index contributed by atoms with van der Waals surface area (Å²) in [6.07, 6.45) is 0. The number of nitro groups is 1. The van der Waals surface area contributed by atoms with E-state index in [1.54, 1.807) is 6.92 Å². The molecule has 0 spiro atoms. The lowest BCUT2D eigenvalue weighted by molar-refractivity contribution is -0.387. The van der Waals surface area contributed by atoms with Crippen molar-refractivity contribution < 1.29 is 9.66 Å². The van der Waals surface area contributed by atoms with Crippen molar-refractivity contribution in [3.05, 3.63) is 51.7 Å². The molecule has 0 fully saturated rings. The van der Waals surface area contributed by atoms with Crippen molar-refractivity contribution >= 4 is 11.6 Å². The van der Waals surface area contributed by atoms with Crippen LogP contribution >= 0.6 is 0 Å². The summed E-state index contributed by atoms with van der Waals surface area (Å²) in [7, 11) is 0. The van der Waals surface area contributed by atoms with E-state index in [0.717, 1.165) is 5.56 Å². The van der Waals surface area contributed by atoms with Gasteiger partial charge in [0.05, 0.1) is 4.92 Å². The molecule has 0 unspecified atom stereocenters. The third-order valence-electron chi connectivity index (χ3n) is 2.76. The van der Waals surface area contributed by atoms with Gasteiger partial charge in [-0.3, -0.25) is 10.1 Å². The van der Waals surface area contributed by atoms with E-state index in [-0.39, 0.29) is 23.9 Å². The van der Waals surface area contributed by atoms with Gasteiger partial charge < -0.3 is 10.1 Å². The predicted molar refractivity (Wildman–Crippen MR) is 78.4 cm³/mol. The summed E-state index contributed by atoms with van der Waals surface area (Å²) in [5.41, 5.74) is 0.981. The van der Waals surface area contributed by atoms with E-state index in [0.29, 0.717) is 12.5 Å². The topological polar surface area (TPSA) is 90.2 Å². The van der Waals surface area contributed by atoms with E-state index in [9.17, 15) is 10.1 Å². The average Bonchev–Trinajstić information content (AvgIpc) is 2.45. The third kappa shape index (κ3) is 3.65. The third-order valence-corrected chi connectivity index (χ3v) is 2.76. The van der Waals surface area contributed by atoms with E-state index in [1.165, 1.54) is 0 Å². The Morgan fingerprint density at radius 3 is 2.62 bits per heavy atom. The minimum absolute atomic E-state index is 0.0210. The van der Waals surface area contributed by atoms with Gasteiger partial charge in [0.25, 0.3) is 5.88 Å². The lowest BCUT2D eigenvalue weighted by Gasteiger charge is -2.09. The van der Waals surface area contributed by atoms with Crippen LogP contribution in [0.25, 0.3) is 0 Å². The lowest BCUT2D eigenvalue weighted by atomic mass is 10.2. The van der Waals surface area contributed by atoms with Crippen LogP contribution in [0.1, 0.15) is 18.2 Å². The molecular weight excluding hydrogens is 272 g/mol. The van der Waals surface area contributed by atoms with Gasteiger partial charge in [-0.15, -0.1) is 0 Å². The zero-order chi connectivity index (χ0) is 15.2. The van der Waals surface area contributed by atoms with Crippen molar-refractivity contribution in [2.45, 2.75) is 20.5 Å². The molecule has 7 nitrogen and oxygen atoms in total. The summed E-state index contributed by atoms with van der Waals surface area (Å²) < 4.78 is 5.52. The average molecular weight is 288 g/mol. The Bertz CT molecular complexity index is 632. The normalized spacial score (nSPS) is 10.2. The van der Waals surface area contributed by atoms with Crippen LogP contribution < -0.4 is 10.1 Å². The number of benzene rings is 1. The van der Waals surface area contributed by atoms with Gasteiger partial charge in [-0.05, 0) is 19.4 Å². The van der Waals surface area contributed by atoms with E-state index in [1.807, 2.05) is 37.3 Å². The highest BCUT2D eigenvalue weighted by Crippen LogP contribution is 2.29. The molecule has 0 aliphatic rings. The van der Waals surface area contributed by atoms with Crippen LogP contribution in [-0.2, 0) is 6.61 Å². The van der Waals surface area contributed by atoms with Gasteiger partial charge in [0, 0.05) is 6.54 Å². The SMILES string of the molecule is CCNc1nc(C)c([N+](=O)[O-])c(OCc2ccccc2)n1. The Morgan fingerprint density at radius 1 is 1.29 bits per heavy atom. The maximum Gasteiger partial charge on any atom is 0.352 e. The van der Waals surface area contributed by atoms with Crippen molar-refractivity contribution in [2.75, 3.05) is 11.9 Å². The maximum atomic E-state index is 11.1. The van der Waals surface area contributed by atoms with Crippen LogP contribution in [-0.4, -0.2) is 21.4 Å². The Morgan fingerprint density at radius 2 is 2.00 bits per heavy atom. The molecule has 0 aliphatic heterocycles. The fourth-order valence-electron chi connectivity index (χ4n) is 1.81. The molecule has 0 bridgehead atoms. The van der Waals surface area contributed by atoms with Crippen molar-refractivity contribution in [2.24, 2.45) is 0 Å². The summed E-state index contributed by atoms with van der Waals surface area (Å²) in [5.74, 6) is 0.302. The second-order valence-electron chi connectivity index (χ2n) is 4.35. The van der Waals surface area contributed by atoms with Crippen molar-refractivity contribution in [1.29, 1.82) is 0 Å². The van der Waals surface area contributed by atoms with Gasteiger partial charge in [-0.2, -0.15) is 4.98 Å². The molecule has 0 saturated carbocycles. The standard InChI is InChI=1S/C14H16N4O3/c1-3-15-14-16-10(2)12(18(19)20)13(17-14)21-9-11-7-5-4-6-8-11/h4-8H,3,9H2,1-2H3,(H,15,16,17).